The molecule has 160 valence electrons. The zero-order valence-corrected chi connectivity index (χ0v) is 16.8. The fourth-order valence-corrected chi connectivity index (χ4v) is 3.77. The van der Waals surface area contributed by atoms with E-state index in [0.29, 0.717) is 12.6 Å². The van der Waals surface area contributed by atoms with E-state index in [-0.39, 0.29) is 24.9 Å². The molecule has 9 heteroatoms. The van der Waals surface area contributed by atoms with Gasteiger partial charge in [-0.2, -0.15) is 0 Å². The topological polar surface area (TPSA) is 121 Å². The highest BCUT2D eigenvalue weighted by Gasteiger charge is 2.36. The Morgan fingerprint density at radius 3 is 2.83 bits per heavy atom. The van der Waals surface area contributed by atoms with Crippen LogP contribution in [0, 0.1) is 0 Å². The predicted octanol–water partition coefficient (Wildman–Crippen LogP) is 0.719. The van der Waals surface area contributed by atoms with E-state index >= 15 is 0 Å². The third-order valence-electron chi connectivity index (χ3n) is 5.25. The predicted molar refractivity (Wildman–Crippen MR) is 106 cm³/mol. The lowest BCUT2D eigenvalue weighted by Gasteiger charge is -2.31. The van der Waals surface area contributed by atoms with E-state index in [1.807, 2.05) is 6.07 Å². The highest BCUT2D eigenvalue weighted by atomic mass is 16.5. The number of hydrogen-bond acceptors (Lipinski definition) is 6. The van der Waals surface area contributed by atoms with E-state index < -0.39 is 12.1 Å². The number of pyridine rings is 1. The molecule has 0 bridgehead atoms. The molecule has 1 aliphatic carbocycles. The Balaban J connectivity index is 0.000000941. The molecule has 1 aromatic rings. The van der Waals surface area contributed by atoms with E-state index in [4.69, 9.17) is 14.6 Å². The van der Waals surface area contributed by atoms with Crippen LogP contribution in [0.4, 0.5) is 0 Å². The Bertz CT molecular complexity index is 652. The van der Waals surface area contributed by atoms with Crippen LogP contribution in [0.1, 0.15) is 43.7 Å². The lowest BCUT2D eigenvalue weighted by molar-refractivity contribution is -0.148. The number of carbonyl (C=O) groups excluding carboxylic acids is 2. The van der Waals surface area contributed by atoms with Crippen molar-refractivity contribution in [2.75, 3.05) is 26.7 Å². The van der Waals surface area contributed by atoms with E-state index in [1.165, 1.54) is 25.7 Å². The summed E-state index contributed by atoms with van der Waals surface area (Å²) in [6.45, 7) is 1.22. The first-order valence-electron chi connectivity index (χ1n) is 9.93. The third kappa shape index (κ3) is 7.10. The summed E-state index contributed by atoms with van der Waals surface area (Å²) in [7, 11) is 2.16. The zero-order chi connectivity index (χ0) is 21.1. The van der Waals surface area contributed by atoms with E-state index in [9.17, 15) is 9.59 Å². The van der Waals surface area contributed by atoms with Crippen LogP contribution in [0.25, 0.3) is 0 Å². The van der Waals surface area contributed by atoms with Gasteiger partial charge < -0.3 is 25.4 Å². The maximum Gasteiger partial charge on any atom is 0.290 e. The van der Waals surface area contributed by atoms with Gasteiger partial charge in [-0.05, 0) is 44.5 Å². The van der Waals surface area contributed by atoms with Gasteiger partial charge in [0.25, 0.3) is 12.4 Å². The van der Waals surface area contributed by atoms with Crippen molar-refractivity contribution < 1.29 is 24.2 Å². The number of hydrogen-bond donors (Lipinski definition) is 3. The van der Waals surface area contributed by atoms with E-state index in [2.05, 4.69) is 27.6 Å². The van der Waals surface area contributed by atoms with Crippen molar-refractivity contribution in [1.29, 1.82) is 0 Å². The van der Waals surface area contributed by atoms with Crippen molar-refractivity contribution in [1.82, 2.24) is 20.5 Å². The summed E-state index contributed by atoms with van der Waals surface area (Å²) in [6.07, 6.45) is 8.69. The fraction of sp³-hybridized carbons (Fsp3) is 0.600. The lowest BCUT2D eigenvalue weighted by atomic mass is 10.0. The number of amides is 2. The molecule has 2 atom stereocenters. The van der Waals surface area contributed by atoms with Gasteiger partial charge in [0.15, 0.2) is 6.10 Å². The van der Waals surface area contributed by atoms with Crippen LogP contribution in [0.2, 0.25) is 0 Å². The largest absolute Gasteiger partial charge is 0.483 e. The van der Waals surface area contributed by atoms with Crippen molar-refractivity contribution in [3.05, 3.63) is 30.1 Å². The summed E-state index contributed by atoms with van der Waals surface area (Å²) < 4.78 is 5.52. The van der Waals surface area contributed by atoms with Gasteiger partial charge in [-0.25, -0.2) is 0 Å². The van der Waals surface area contributed by atoms with Crippen molar-refractivity contribution >= 4 is 18.3 Å². The molecule has 0 unspecified atom stereocenters. The Hall–Kier alpha value is -2.52. The van der Waals surface area contributed by atoms with Crippen molar-refractivity contribution in [2.24, 2.45) is 0 Å². The number of carboxylic acid groups (broad SMARTS) is 1. The van der Waals surface area contributed by atoms with Crippen molar-refractivity contribution in [2.45, 2.75) is 50.3 Å². The highest BCUT2D eigenvalue weighted by molar-refractivity contribution is 5.86. The zero-order valence-electron chi connectivity index (χ0n) is 16.8. The average molecular weight is 406 g/mol. The second-order valence-electron chi connectivity index (χ2n) is 7.23. The molecule has 0 radical (unpaired) electrons. The maximum atomic E-state index is 12.6. The Kier molecular flexibility index (Phi) is 9.52. The highest BCUT2D eigenvalue weighted by Crippen LogP contribution is 2.23. The molecule has 2 heterocycles. The van der Waals surface area contributed by atoms with Gasteiger partial charge in [0.2, 0.25) is 5.91 Å². The van der Waals surface area contributed by atoms with Gasteiger partial charge in [-0.15, -0.1) is 0 Å². The summed E-state index contributed by atoms with van der Waals surface area (Å²) in [4.78, 5) is 39.1. The summed E-state index contributed by atoms with van der Waals surface area (Å²) >= 11 is 0. The molecule has 1 saturated carbocycles. The molecule has 1 saturated heterocycles. The second-order valence-corrected chi connectivity index (χ2v) is 7.23. The van der Waals surface area contributed by atoms with Gasteiger partial charge in [-0.1, -0.05) is 18.9 Å². The molecule has 29 heavy (non-hydrogen) atoms. The van der Waals surface area contributed by atoms with Gasteiger partial charge in [-0.3, -0.25) is 19.4 Å². The normalized spacial score (nSPS) is 21.8. The van der Waals surface area contributed by atoms with Gasteiger partial charge >= 0.3 is 0 Å². The Morgan fingerprint density at radius 1 is 1.45 bits per heavy atom. The summed E-state index contributed by atoms with van der Waals surface area (Å²) in [5.74, 6) is -0.413. The molecule has 2 aliphatic rings. The number of nitrogens with one attached hydrogen (secondary N) is 2. The first kappa shape index (κ1) is 22.8. The van der Waals surface area contributed by atoms with Gasteiger partial charge in [0.1, 0.15) is 6.61 Å². The standard InChI is InChI=1S/C19H28N4O3.CH2O2/c1-23(15-7-2-3-8-15)11-5-10-21-19(25)18-17(22-16(24)13-26-18)14-6-4-9-20-12-14;2-1-3/h4,6,9,12,15,17-18H,2-3,5,7-8,10-11,13H2,1H3,(H,21,25)(H,22,24);1H,(H,2,3)/t17-,18+;/m1./s1. The van der Waals surface area contributed by atoms with Gasteiger partial charge in [0, 0.05) is 25.0 Å². The molecule has 3 rings (SSSR count). The number of morpholine rings is 1. The van der Waals surface area contributed by atoms with Crippen LogP contribution < -0.4 is 10.6 Å². The minimum atomic E-state index is -0.732. The molecule has 1 aromatic heterocycles. The Labute approximate surface area is 170 Å². The quantitative estimate of drug-likeness (QED) is 0.451. The summed E-state index contributed by atoms with van der Waals surface area (Å²) in [5, 5.41) is 12.7. The number of carbonyl (C=O) groups is 3. The number of aromatic nitrogens is 1. The molecule has 9 nitrogen and oxygen atoms in total. The smallest absolute Gasteiger partial charge is 0.290 e. The van der Waals surface area contributed by atoms with Crippen molar-refractivity contribution in [3.8, 4) is 0 Å². The third-order valence-corrected chi connectivity index (χ3v) is 5.25. The number of nitrogens with zero attached hydrogens (tertiary/aromatic N) is 2. The molecule has 0 spiro atoms. The maximum absolute atomic E-state index is 12.6. The fourth-order valence-electron chi connectivity index (χ4n) is 3.77. The minimum absolute atomic E-state index is 0.0979. The lowest BCUT2D eigenvalue weighted by Crippen LogP contribution is -2.52. The molecule has 1 aliphatic heterocycles. The molecular formula is C20H30N4O5. The summed E-state index contributed by atoms with van der Waals surface area (Å²) in [5.41, 5.74) is 0.765. The Morgan fingerprint density at radius 2 is 2.17 bits per heavy atom. The SMILES string of the molecule is CN(CCCNC(=O)[C@H]1OCC(=O)N[C@@H]1c1cccnc1)C1CCCC1.O=CO. The molecule has 3 N–H and O–H groups in total. The molecule has 2 amide bonds. The molecular weight excluding hydrogens is 376 g/mol. The number of ether oxygens (including phenoxy) is 1. The van der Waals surface area contributed by atoms with Crippen LogP contribution >= 0.6 is 0 Å². The first-order valence-corrected chi connectivity index (χ1v) is 9.93. The van der Waals surface area contributed by atoms with Crippen LogP contribution in [0.3, 0.4) is 0 Å². The molecule has 0 aromatic carbocycles. The number of rotatable bonds is 7. The average Bonchev–Trinajstić information content (AvgIpc) is 3.27. The molecule has 2 fully saturated rings. The van der Waals surface area contributed by atoms with Crippen molar-refractivity contribution in [3.63, 3.8) is 0 Å². The van der Waals surface area contributed by atoms with Crippen LogP contribution in [-0.4, -0.2) is 72.2 Å². The van der Waals surface area contributed by atoms with Crippen LogP contribution in [-0.2, 0) is 19.1 Å². The van der Waals surface area contributed by atoms with Crippen LogP contribution in [0.15, 0.2) is 24.5 Å². The second kappa shape index (κ2) is 12.1. The minimum Gasteiger partial charge on any atom is -0.483 e. The summed E-state index contributed by atoms with van der Waals surface area (Å²) in [6, 6.07) is 3.80. The van der Waals surface area contributed by atoms with E-state index in [1.54, 1.807) is 18.5 Å². The van der Waals surface area contributed by atoms with Crippen LogP contribution in [0.5, 0.6) is 0 Å². The van der Waals surface area contributed by atoms with E-state index in [0.717, 1.165) is 18.5 Å². The first-order chi connectivity index (χ1) is 14.1. The van der Waals surface area contributed by atoms with Gasteiger partial charge in [0.05, 0.1) is 6.04 Å². The monoisotopic (exact) mass is 406 g/mol.